The Bertz CT molecular complexity index is 969. The molecule has 0 radical (unpaired) electrons. The van der Waals surface area contributed by atoms with Gasteiger partial charge in [-0.1, -0.05) is 30.3 Å². The first-order valence-electron chi connectivity index (χ1n) is 10.5. The van der Waals surface area contributed by atoms with E-state index < -0.39 is 0 Å². The molecule has 1 heterocycles. The number of H-pyrrole nitrogens is 1. The van der Waals surface area contributed by atoms with Crippen molar-refractivity contribution >= 4 is 16.8 Å². The molecular weight excluding hydrogens is 365 g/mol. The lowest BCUT2D eigenvalue weighted by atomic mass is 9.89. The van der Waals surface area contributed by atoms with E-state index in [1.54, 1.807) is 12.1 Å². The molecule has 1 fully saturated rings. The number of carbonyl (C=O) groups is 1. The molecule has 2 aromatic carbocycles. The molecule has 29 heavy (non-hydrogen) atoms. The Kier molecular flexibility index (Phi) is 5.95. The van der Waals surface area contributed by atoms with Crippen LogP contribution in [0, 0.1) is 5.82 Å². The molecule has 0 spiro atoms. The fraction of sp³-hybridized carbons (Fsp3) is 0.375. The summed E-state index contributed by atoms with van der Waals surface area (Å²) in [5.74, 6) is -0.291. The van der Waals surface area contributed by atoms with Crippen molar-refractivity contribution in [3.8, 4) is 0 Å². The Morgan fingerprint density at radius 3 is 2.79 bits per heavy atom. The predicted octanol–water partition coefficient (Wildman–Crippen LogP) is 4.87. The average molecular weight is 394 g/mol. The van der Waals surface area contributed by atoms with E-state index in [1.165, 1.54) is 17.7 Å². The van der Waals surface area contributed by atoms with Gasteiger partial charge in [-0.3, -0.25) is 4.79 Å². The van der Waals surface area contributed by atoms with Crippen LogP contribution in [0.4, 0.5) is 4.39 Å². The molecule has 2 atom stereocenters. The lowest BCUT2D eigenvalue weighted by Gasteiger charge is -2.37. The summed E-state index contributed by atoms with van der Waals surface area (Å²) in [5.41, 5.74) is 2.60. The molecule has 5 heteroatoms. The van der Waals surface area contributed by atoms with E-state index in [-0.39, 0.29) is 17.8 Å². The van der Waals surface area contributed by atoms with Crippen LogP contribution < -0.4 is 5.32 Å². The second-order valence-corrected chi connectivity index (χ2v) is 7.89. The fourth-order valence-corrected chi connectivity index (χ4v) is 4.43. The van der Waals surface area contributed by atoms with E-state index in [1.807, 2.05) is 17.9 Å². The molecule has 152 valence electrons. The van der Waals surface area contributed by atoms with E-state index in [0.717, 1.165) is 43.1 Å². The number of halogens is 1. The number of fused-ring (bicyclic) bond motifs is 1. The molecule has 4 rings (SSSR count). The number of rotatable bonds is 6. The number of aromatic amines is 1. The van der Waals surface area contributed by atoms with Crippen molar-refractivity contribution < 1.29 is 9.18 Å². The van der Waals surface area contributed by atoms with Gasteiger partial charge in [-0.25, -0.2) is 4.39 Å². The van der Waals surface area contributed by atoms with E-state index in [0.29, 0.717) is 18.3 Å². The molecule has 1 aliphatic carbocycles. The van der Waals surface area contributed by atoms with E-state index in [9.17, 15) is 9.18 Å². The molecule has 1 aliphatic rings. The van der Waals surface area contributed by atoms with Gasteiger partial charge < -0.3 is 15.2 Å². The monoisotopic (exact) mass is 393 g/mol. The number of carbonyl (C=O) groups excluding carboxylic acids is 1. The highest BCUT2D eigenvalue weighted by molar-refractivity contribution is 5.98. The van der Waals surface area contributed by atoms with Crippen molar-refractivity contribution in [2.75, 3.05) is 6.54 Å². The number of benzene rings is 2. The highest BCUT2D eigenvalue weighted by Gasteiger charge is 2.29. The molecule has 1 aromatic heterocycles. The lowest BCUT2D eigenvalue weighted by molar-refractivity contribution is 0.0623. The molecule has 0 unspecified atom stereocenters. The summed E-state index contributed by atoms with van der Waals surface area (Å²) < 4.78 is 13.5. The highest BCUT2D eigenvalue weighted by atomic mass is 19.1. The minimum Gasteiger partial charge on any atom is -0.351 e. The molecule has 2 N–H and O–H groups in total. The Morgan fingerprint density at radius 2 is 2.00 bits per heavy atom. The van der Waals surface area contributed by atoms with Crippen LogP contribution in [-0.4, -0.2) is 34.4 Å². The summed E-state index contributed by atoms with van der Waals surface area (Å²) in [6, 6.07) is 17.4. The van der Waals surface area contributed by atoms with Crippen molar-refractivity contribution in [3.05, 3.63) is 71.7 Å². The predicted molar refractivity (Wildman–Crippen MR) is 114 cm³/mol. The van der Waals surface area contributed by atoms with Gasteiger partial charge in [0.05, 0.1) is 0 Å². The summed E-state index contributed by atoms with van der Waals surface area (Å²) in [7, 11) is 0. The summed E-state index contributed by atoms with van der Waals surface area (Å²) in [6.07, 6.45) is 4.23. The fourth-order valence-electron chi connectivity index (χ4n) is 4.43. The van der Waals surface area contributed by atoms with Crippen LogP contribution in [0.1, 0.15) is 48.7 Å². The molecule has 3 aromatic rings. The Morgan fingerprint density at radius 1 is 1.17 bits per heavy atom. The van der Waals surface area contributed by atoms with Gasteiger partial charge in [-0.15, -0.1) is 0 Å². The first-order valence-corrected chi connectivity index (χ1v) is 10.5. The lowest BCUT2D eigenvalue weighted by Crippen LogP contribution is -2.46. The molecule has 0 saturated heterocycles. The van der Waals surface area contributed by atoms with E-state index >= 15 is 0 Å². The van der Waals surface area contributed by atoms with Crippen LogP contribution in [0.15, 0.2) is 54.6 Å². The van der Waals surface area contributed by atoms with Crippen LogP contribution in [0.25, 0.3) is 10.9 Å². The maximum absolute atomic E-state index is 13.5. The van der Waals surface area contributed by atoms with Gasteiger partial charge in [0, 0.05) is 36.1 Å². The average Bonchev–Trinajstić information content (AvgIpc) is 3.17. The van der Waals surface area contributed by atoms with Gasteiger partial charge in [0.2, 0.25) is 0 Å². The van der Waals surface area contributed by atoms with E-state index in [2.05, 4.69) is 34.6 Å². The standard InChI is InChI=1S/C24H28FN3O/c1-2-28(24(29)23-14-18-13-19(25)11-12-22(18)27-23)21-10-6-9-20(15-21)26-16-17-7-4-3-5-8-17/h3-5,7-8,11-14,20-21,26-27H,2,6,9-10,15-16H2,1H3/t20-,21+/m1/s1. The van der Waals surface area contributed by atoms with Crippen molar-refractivity contribution in [3.63, 3.8) is 0 Å². The minimum absolute atomic E-state index is 0.00202. The number of aromatic nitrogens is 1. The summed E-state index contributed by atoms with van der Waals surface area (Å²) >= 11 is 0. The maximum atomic E-state index is 13.5. The zero-order valence-corrected chi connectivity index (χ0v) is 16.8. The molecule has 0 aliphatic heterocycles. The van der Waals surface area contributed by atoms with Gasteiger partial charge in [0.25, 0.3) is 5.91 Å². The largest absolute Gasteiger partial charge is 0.351 e. The van der Waals surface area contributed by atoms with Gasteiger partial charge in [-0.2, -0.15) is 0 Å². The third-order valence-electron chi connectivity index (χ3n) is 5.94. The van der Waals surface area contributed by atoms with Gasteiger partial charge >= 0.3 is 0 Å². The Balaban J connectivity index is 1.43. The quantitative estimate of drug-likeness (QED) is 0.628. The Hall–Kier alpha value is -2.66. The summed E-state index contributed by atoms with van der Waals surface area (Å²) in [6.45, 7) is 3.55. The minimum atomic E-state index is -0.289. The second-order valence-electron chi connectivity index (χ2n) is 7.89. The summed E-state index contributed by atoms with van der Waals surface area (Å²) in [5, 5.41) is 4.40. The van der Waals surface area contributed by atoms with Crippen molar-refractivity contribution in [1.29, 1.82) is 0 Å². The normalized spacial score (nSPS) is 19.4. The second kappa shape index (κ2) is 8.78. The zero-order chi connectivity index (χ0) is 20.2. The van der Waals surface area contributed by atoms with Gasteiger partial charge in [0.15, 0.2) is 0 Å². The van der Waals surface area contributed by atoms with E-state index in [4.69, 9.17) is 0 Å². The maximum Gasteiger partial charge on any atom is 0.270 e. The smallest absolute Gasteiger partial charge is 0.270 e. The first kappa shape index (κ1) is 19.6. The van der Waals surface area contributed by atoms with Crippen LogP contribution in [0.5, 0.6) is 0 Å². The molecular formula is C24H28FN3O. The number of nitrogens with one attached hydrogen (secondary N) is 2. The van der Waals surface area contributed by atoms with Crippen LogP contribution >= 0.6 is 0 Å². The molecule has 0 bridgehead atoms. The molecule has 4 nitrogen and oxygen atoms in total. The van der Waals surface area contributed by atoms with Crippen molar-refractivity contribution in [1.82, 2.24) is 15.2 Å². The topological polar surface area (TPSA) is 48.1 Å². The number of amides is 1. The molecule has 1 saturated carbocycles. The highest BCUT2D eigenvalue weighted by Crippen LogP contribution is 2.26. The third-order valence-corrected chi connectivity index (χ3v) is 5.94. The van der Waals surface area contributed by atoms with Gasteiger partial charge in [-0.05, 0) is 62.4 Å². The SMILES string of the molecule is CCN(C(=O)c1cc2cc(F)ccc2[nH]1)[C@H]1CCC[C@@H](NCc2ccccc2)C1. The van der Waals surface area contributed by atoms with Crippen LogP contribution in [0.3, 0.4) is 0 Å². The van der Waals surface area contributed by atoms with Crippen molar-refractivity contribution in [2.24, 2.45) is 0 Å². The molecule has 1 amide bonds. The first-order chi connectivity index (χ1) is 14.1. The number of nitrogens with zero attached hydrogens (tertiary/aromatic N) is 1. The Labute approximate surface area is 171 Å². The van der Waals surface area contributed by atoms with Crippen LogP contribution in [0.2, 0.25) is 0 Å². The van der Waals surface area contributed by atoms with Gasteiger partial charge in [0.1, 0.15) is 11.5 Å². The number of hydrogen-bond acceptors (Lipinski definition) is 2. The summed E-state index contributed by atoms with van der Waals surface area (Å²) in [4.78, 5) is 18.3. The van der Waals surface area contributed by atoms with Crippen LogP contribution in [-0.2, 0) is 6.54 Å². The van der Waals surface area contributed by atoms with Crippen molar-refractivity contribution in [2.45, 2.75) is 51.2 Å². The third kappa shape index (κ3) is 4.51. The number of hydrogen-bond donors (Lipinski definition) is 2. The zero-order valence-electron chi connectivity index (χ0n) is 16.8.